The highest BCUT2D eigenvalue weighted by Gasteiger charge is 2.09. The quantitative estimate of drug-likeness (QED) is 0.435. The molecule has 0 fully saturated rings. The molecule has 0 unspecified atom stereocenters. The maximum Gasteiger partial charge on any atom is 0.225 e. The minimum Gasteiger partial charge on any atom is -0.351 e. The van der Waals surface area contributed by atoms with Gasteiger partial charge in [0, 0.05) is 33.3 Å². The number of ketones is 1. The lowest BCUT2D eigenvalue weighted by molar-refractivity contribution is -0.120. The van der Waals surface area contributed by atoms with Crippen LogP contribution in [0.15, 0.2) is 35.7 Å². The van der Waals surface area contributed by atoms with E-state index in [1.165, 1.54) is 23.5 Å². The van der Waals surface area contributed by atoms with Gasteiger partial charge in [-0.2, -0.15) is 0 Å². The average molecular weight is 447 g/mol. The third kappa shape index (κ3) is 6.82. The van der Waals surface area contributed by atoms with E-state index in [0.29, 0.717) is 31.9 Å². The summed E-state index contributed by atoms with van der Waals surface area (Å²) >= 11 is 24.7. The van der Waals surface area contributed by atoms with Gasteiger partial charge in [0.05, 0.1) is 16.5 Å². The Morgan fingerprint density at radius 1 is 1.19 bits per heavy atom. The van der Waals surface area contributed by atoms with Gasteiger partial charge in [-0.3, -0.25) is 9.59 Å². The summed E-state index contributed by atoms with van der Waals surface area (Å²) in [4.78, 5) is 25.3. The summed E-state index contributed by atoms with van der Waals surface area (Å²) in [5.41, 5.74) is 0.515. The van der Waals surface area contributed by atoms with Gasteiger partial charge in [0.25, 0.3) is 0 Å². The van der Waals surface area contributed by atoms with Crippen molar-refractivity contribution in [2.75, 3.05) is 6.54 Å². The smallest absolute Gasteiger partial charge is 0.225 e. The lowest BCUT2D eigenvalue weighted by atomic mass is 10.1. The number of halogens is 3. The fourth-order valence-corrected chi connectivity index (χ4v) is 3.90. The molecular formula is C18H14Cl3NO2S2. The summed E-state index contributed by atoms with van der Waals surface area (Å²) in [6, 6.07) is 6.88. The van der Waals surface area contributed by atoms with E-state index >= 15 is 0 Å². The van der Waals surface area contributed by atoms with E-state index in [2.05, 4.69) is 5.32 Å². The van der Waals surface area contributed by atoms with E-state index < -0.39 is 0 Å². The molecule has 1 N–H and O–H groups in total. The maximum absolute atomic E-state index is 12.0. The monoisotopic (exact) mass is 445 g/mol. The second kappa shape index (κ2) is 10.2. The molecule has 0 radical (unpaired) electrons. The number of amides is 1. The Kier molecular flexibility index (Phi) is 8.25. The number of carbonyl (C=O) groups is 2. The molecule has 0 saturated carbocycles. The molecule has 3 nitrogen and oxygen atoms in total. The summed E-state index contributed by atoms with van der Waals surface area (Å²) in [6.07, 6.45) is 3.25. The van der Waals surface area contributed by atoms with Crippen molar-refractivity contribution < 1.29 is 9.59 Å². The van der Waals surface area contributed by atoms with Gasteiger partial charge >= 0.3 is 0 Å². The second-order valence-corrected chi connectivity index (χ2v) is 8.19. The van der Waals surface area contributed by atoms with Crippen LogP contribution in [0, 0.1) is 0 Å². The zero-order valence-electron chi connectivity index (χ0n) is 13.4. The van der Waals surface area contributed by atoms with Crippen molar-refractivity contribution in [1.29, 1.82) is 0 Å². The molecule has 136 valence electrons. The highest BCUT2D eigenvalue weighted by atomic mass is 35.5. The molecule has 0 aliphatic rings. The topological polar surface area (TPSA) is 46.2 Å². The number of thiophene rings is 1. The van der Waals surface area contributed by atoms with Crippen LogP contribution in [-0.2, 0) is 16.0 Å². The first-order valence-corrected chi connectivity index (χ1v) is 9.93. The highest BCUT2D eigenvalue weighted by Crippen LogP contribution is 2.29. The van der Waals surface area contributed by atoms with E-state index in [-0.39, 0.29) is 24.7 Å². The fraction of sp³-hybridized carbons (Fsp3) is 0.167. The van der Waals surface area contributed by atoms with Crippen LogP contribution in [-0.4, -0.2) is 23.1 Å². The molecule has 0 aliphatic heterocycles. The van der Waals surface area contributed by atoms with Gasteiger partial charge in [0.2, 0.25) is 5.91 Å². The van der Waals surface area contributed by atoms with Crippen molar-refractivity contribution in [3.63, 3.8) is 0 Å². The third-order valence-corrected chi connectivity index (χ3v) is 5.26. The number of hydrogen-bond donors (Lipinski definition) is 1. The minimum absolute atomic E-state index is 0.0495. The summed E-state index contributed by atoms with van der Waals surface area (Å²) in [5, 5.41) is 5.76. The van der Waals surface area contributed by atoms with Crippen molar-refractivity contribution in [3.05, 3.63) is 61.2 Å². The Hall–Kier alpha value is -1.24. The van der Waals surface area contributed by atoms with Crippen molar-refractivity contribution in [1.82, 2.24) is 5.32 Å². The van der Waals surface area contributed by atoms with Crippen molar-refractivity contribution in [2.45, 2.75) is 12.8 Å². The van der Waals surface area contributed by atoms with Crippen LogP contribution in [0.3, 0.4) is 0 Å². The summed E-state index contributed by atoms with van der Waals surface area (Å²) in [5.74, 6) is -0.331. The van der Waals surface area contributed by atoms with Gasteiger partial charge in [0.1, 0.15) is 0 Å². The maximum atomic E-state index is 12.0. The van der Waals surface area contributed by atoms with E-state index in [9.17, 15) is 9.59 Å². The molecule has 0 spiro atoms. The zero-order chi connectivity index (χ0) is 19.1. The van der Waals surface area contributed by atoms with Crippen LogP contribution in [0.2, 0.25) is 15.1 Å². The first kappa shape index (κ1) is 21.1. The molecule has 0 bridgehead atoms. The largest absolute Gasteiger partial charge is 0.351 e. The van der Waals surface area contributed by atoms with E-state index in [0.717, 1.165) is 4.88 Å². The third-order valence-electron chi connectivity index (χ3n) is 3.25. The molecule has 1 aromatic heterocycles. The zero-order valence-corrected chi connectivity index (χ0v) is 17.3. The standard InChI is InChI=1S/C18H14Cl3NO2S2/c19-11-6-16(20)15(17(21)7-11)4-3-12(23)8-13(25)10-22-18(24)9-14-2-1-5-26-14/h1-7H,8-10H2,(H,22,24)/b4-3+. The number of benzene rings is 1. The number of rotatable bonds is 8. The van der Waals surface area contributed by atoms with Crippen LogP contribution >= 0.6 is 58.4 Å². The van der Waals surface area contributed by atoms with Gasteiger partial charge < -0.3 is 5.32 Å². The van der Waals surface area contributed by atoms with Crippen molar-refractivity contribution in [2.24, 2.45) is 0 Å². The van der Waals surface area contributed by atoms with Crippen LogP contribution in [0.4, 0.5) is 0 Å². The van der Waals surface area contributed by atoms with Crippen LogP contribution in [0.1, 0.15) is 16.9 Å². The molecule has 0 atom stereocenters. The molecule has 0 aliphatic carbocycles. The molecule has 1 heterocycles. The van der Waals surface area contributed by atoms with Gasteiger partial charge in [-0.15, -0.1) is 11.3 Å². The number of carbonyl (C=O) groups excluding carboxylic acids is 2. The predicted molar refractivity (Wildman–Crippen MR) is 114 cm³/mol. The number of hydrogen-bond acceptors (Lipinski definition) is 4. The normalized spacial score (nSPS) is 10.9. The lowest BCUT2D eigenvalue weighted by Gasteiger charge is -2.05. The minimum atomic E-state index is -0.204. The highest BCUT2D eigenvalue weighted by molar-refractivity contribution is 7.80. The van der Waals surface area contributed by atoms with Gasteiger partial charge in [-0.1, -0.05) is 53.1 Å². The van der Waals surface area contributed by atoms with Crippen LogP contribution in [0.25, 0.3) is 6.08 Å². The molecule has 26 heavy (non-hydrogen) atoms. The lowest BCUT2D eigenvalue weighted by Crippen LogP contribution is -2.30. The number of thiocarbonyl (C=S) groups is 1. The van der Waals surface area contributed by atoms with Gasteiger partial charge in [-0.05, 0) is 35.7 Å². The summed E-state index contributed by atoms with van der Waals surface area (Å²) in [7, 11) is 0. The van der Waals surface area contributed by atoms with Gasteiger partial charge in [0.15, 0.2) is 5.78 Å². The Balaban J connectivity index is 1.82. The Morgan fingerprint density at radius 3 is 2.50 bits per heavy atom. The molecule has 1 amide bonds. The number of allylic oxidation sites excluding steroid dienone is 1. The van der Waals surface area contributed by atoms with Crippen LogP contribution in [0.5, 0.6) is 0 Å². The van der Waals surface area contributed by atoms with Crippen molar-refractivity contribution in [3.8, 4) is 0 Å². The summed E-state index contributed by atoms with van der Waals surface area (Å²) in [6.45, 7) is 0.182. The molecule has 1 aromatic carbocycles. The first-order valence-electron chi connectivity index (χ1n) is 7.51. The van der Waals surface area contributed by atoms with E-state index in [1.54, 1.807) is 12.1 Å². The summed E-state index contributed by atoms with van der Waals surface area (Å²) < 4.78 is 0. The Bertz CT molecular complexity index is 825. The number of nitrogens with one attached hydrogen (secondary N) is 1. The molecule has 8 heteroatoms. The fourth-order valence-electron chi connectivity index (χ4n) is 2.04. The molecule has 0 saturated heterocycles. The molecular weight excluding hydrogens is 433 g/mol. The molecule has 2 rings (SSSR count). The van der Waals surface area contributed by atoms with E-state index in [4.69, 9.17) is 47.0 Å². The SMILES string of the molecule is O=C(/C=C/c1c(Cl)cc(Cl)cc1Cl)CC(=S)CNC(=O)Cc1cccs1. The first-order chi connectivity index (χ1) is 12.3. The Labute approximate surface area is 176 Å². The van der Waals surface area contributed by atoms with E-state index in [1.807, 2.05) is 17.5 Å². The van der Waals surface area contributed by atoms with Gasteiger partial charge in [-0.25, -0.2) is 0 Å². The average Bonchev–Trinajstić information content (AvgIpc) is 3.04. The second-order valence-electron chi connectivity index (χ2n) is 5.33. The Morgan fingerprint density at radius 2 is 1.88 bits per heavy atom. The predicted octanol–water partition coefficient (Wildman–Crippen LogP) is 5.41. The van der Waals surface area contributed by atoms with Crippen LogP contribution < -0.4 is 5.32 Å². The molecule has 2 aromatic rings. The van der Waals surface area contributed by atoms with Crippen molar-refractivity contribution >= 4 is 81.0 Å².